The van der Waals surface area contributed by atoms with Crippen molar-refractivity contribution in [1.82, 2.24) is 0 Å². The third-order valence-electron chi connectivity index (χ3n) is 3.77. The molecular formula is C12H23I. The molecule has 1 fully saturated rings. The summed E-state index contributed by atoms with van der Waals surface area (Å²) < 4.78 is 0.601. The number of hydrogen-bond donors (Lipinski definition) is 0. The Kier molecular flexibility index (Phi) is 4.09. The van der Waals surface area contributed by atoms with Gasteiger partial charge in [0.15, 0.2) is 0 Å². The van der Waals surface area contributed by atoms with Crippen LogP contribution in [-0.2, 0) is 0 Å². The fourth-order valence-electron chi connectivity index (χ4n) is 3.24. The summed E-state index contributed by atoms with van der Waals surface area (Å²) >= 11 is 2.75. The molecule has 3 atom stereocenters. The second kappa shape index (κ2) is 4.50. The zero-order chi connectivity index (χ0) is 10.1. The SMILES string of the molecule is CCC1(I)CCCC(C)C1C(C)C. The Morgan fingerprint density at radius 2 is 2.08 bits per heavy atom. The van der Waals surface area contributed by atoms with Gasteiger partial charge in [-0.3, -0.25) is 0 Å². The van der Waals surface area contributed by atoms with Gasteiger partial charge in [0.25, 0.3) is 0 Å². The van der Waals surface area contributed by atoms with Crippen LogP contribution in [-0.4, -0.2) is 3.42 Å². The van der Waals surface area contributed by atoms with Crippen LogP contribution < -0.4 is 0 Å². The van der Waals surface area contributed by atoms with Gasteiger partial charge in [-0.15, -0.1) is 0 Å². The molecule has 13 heavy (non-hydrogen) atoms. The highest BCUT2D eigenvalue weighted by molar-refractivity contribution is 14.1. The van der Waals surface area contributed by atoms with Crippen LogP contribution in [0.25, 0.3) is 0 Å². The first-order chi connectivity index (χ1) is 6.01. The van der Waals surface area contributed by atoms with Gasteiger partial charge >= 0.3 is 0 Å². The fourth-order valence-corrected chi connectivity index (χ4v) is 4.96. The van der Waals surface area contributed by atoms with Crippen molar-refractivity contribution >= 4 is 22.6 Å². The van der Waals surface area contributed by atoms with Crippen LogP contribution in [0.4, 0.5) is 0 Å². The molecule has 0 aliphatic heterocycles. The van der Waals surface area contributed by atoms with Crippen LogP contribution in [0.5, 0.6) is 0 Å². The predicted octanol–water partition coefficient (Wildman–Crippen LogP) is 4.66. The second-order valence-corrected chi connectivity index (χ2v) is 7.18. The van der Waals surface area contributed by atoms with E-state index in [1.165, 1.54) is 25.7 Å². The Morgan fingerprint density at radius 3 is 2.46 bits per heavy atom. The predicted molar refractivity (Wildman–Crippen MR) is 68.4 cm³/mol. The second-order valence-electron chi connectivity index (χ2n) is 5.03. The number of hydrogen-bond acceptors (Lipinski definition) is 0. The van der Waals surface area contributed by atoms with Gasteiger partial charge in [-0.2, -0.15) is 0 Å². The van der Waals surface area contributed by atoms with E-state index in [2.05, 4.69) is 50.3 Å². The van der Waals surface area contributed by atoms with Crippen molar-refractivity contribution in [2.24, 2.45) is 17.8 Å². The molecule has 1 rings (SSSR count). The van der Waals surface area contributed by atoms with E-state index in [9.17, 15) is 0 Å². The molecule has 1 aliphatic carbocycles. The minimum Gasteiger partial charge on any atom is -0.0786 e. The first-order valence-corrected chi connectivity index (χ1v) is 6.78. The Balaban J connectivity index is 2.80. The van der Waals surface area contributed by atoms with E-state index in [-0.39, 0.29) is 0 Å². The lowest BCUT2D eigenvalue weighted by Gasteiger charge is -2.45. The molecule has 0 bridgehead atoms. The van der Waals surface area contributed by atoms with Crippen LogP contribution in [0, 0.1) is 17.8 Å². The molecule has 1 aliphatic rings. The van der Waals surface area contributed by atoms with E-state index in [1.54, 1.807) is 0 Å². The standard InChI is InChI=1S/C12H23I/c1-5-12(13)8-6-7-10(4)11(12)9(2)3/h9-11H,5-8H2,1-4H3. The van der Waals surface area contributed by atoms with Gasteiger partial charge in [-0.25, -0.2) is 0 Å². The van der Waals surface area contributed by atoms with Crippen LogP contribution >= 0.6 is 22.6 Å². The maximum atomic E-state index is 2.75. The smallest absolute Gasteiger partial charge is 0.0252 e. The first kappa shape index (κ1) is 11.8. The van der Waals surface area contributed by atoms with Crippen LogP contribution in [0.15, 0.2) is 0 Å². The first-order valence-electron chi connectivity index (χ1n) is 5.70. The normalized spacial score (nSPS) is 41.1. The lowest BCUT2D eigenvalue weighted by atomic mass is 9.67. The molecule has 0 heterocycles. The van der Waals surface area contributed by atoms with Crippen LogP contribution in [0.1, 0.15) is 53.4 Å². The quantitative estimate of drug-likeness (QED) is 0.513. The van der Waals surface area contributed by atoms with E-state index in [0.717, 1.165) is 17.8 Å². The largest absolute Gasteiger partial charge is 0.0786 e. The van der Waals surface area contributed by atoms with Crippen molar-refractivity contribution in [3.05, 3.63) is 0 Å². The fraction of sp³-hybridized carbons (Fsp3) is 1.00. The summed E-state index contributed by atoms with van der Waals surface area (Å²) in [4.78, 5) is 0. The molecule has 0 nitrogen and oxygen atoms in total. The van der Waals surface area contributed by atoms with Gasteiger partial charge in [-0.05, 0) is 30.6 Å². The summed E-state index contributed by atoms with van der Waals surface area (Å²) in [6, 6.07) is 0. The monoisotopic (exact) mass is 294 g/mol. The van der Waals surface area contributed by atoms with E-state index >= 15 is 0 Å². The molecule has 1 heteroatoms. The van der Waals surface area contributed by atoms with Crippen molar-refractivity contribution in [3.63, 3.8) is 0 Å². The van der Waals surface area contributed by atoms with E-state index in [1.807, 2.05) is 0 Å². The average Bonchev–Trinajstić information content (AvgIpc) is 2.03. The minimum atomic E-state index is 0.601. The maximum Gasteiger partial charge on any atom is 0.0252 e. The lowest BCUT2D eigenvalue weighted by Crippen LogP contribution is -2.41. The van der Waals surface area contributed by atoms with Crippen molar-refractivity contribution in [1.29, 1.82) is 0 Å². The highest BCUT2D eigenvalue weighted by Crippen LogP contribution is 2.49. The molecule has 0 aromatic rings. The van der Waals surface area contributed by atoms with E-state index in [0.29, 0.717) is 3.42 Å². The summed E-state index contributed by atoms with van der Waals surface area (Å²) in [7, 11) is 0. The van der Waals surface area contributed by atoms with E-state index < -0.39 is 0 Å². The van der Waals surface area contributed by atoms with E-state index in [4.69, 9.17) is 0 Å². The lowest BCUT2D eigenvalue weighted by molar-refractivity contribution is 0.150. The molecule has 78 valence electrons. The highest BCUT2D eigenvalue weighted by Gasteiger charge is 2.41. The van der Waals surface area contributed by atoms with Gasteiger partial charge in [0.1, 0.15) is 0 Å². The van der Waals surface area contributed by atoms with Gasteiger partial charge in [0.05, 0.1) is 0 Å². The summed E-state index contributed by atoms with van der Waals surface area (Å²) in [6.45, 7) is 9.61. The number of rotatable bonds is 2. The molecular weight excluding hydrogens is 271 g/mol. The Hall–Kier alpha value is 0.730. The number of alkyl halides is 1. The summed E-state index contributed by atoms with van der Waals surface area (Å²) in [5.41, 5.74) is 0. The Bertz CT molecular complexity index is 165. The van der Waals surface area contributed by atoms with Gasteiger partial charge in [0, 0.05) is 3.42 Å². The summed E-state index contributed by atoms with van der Waals surface area (Å²) in [6.07, 6.45) is 5.69. The van der Waals surface area contributed by atoms with Crippen molar-refractivity contribution in [2.45, 2.75) is 56.8 Å². The molecule has 0 amide bonds. The zero-order valence-electron chi connectivity index (χ0n) is 9.44. The maximum absolute atomic E-state index is 2.75. The molecule has 0 N–H and O–H groups in total. The summed E-state index contributed by atoms with van der Waals surface area (Å²) in [5, 5.41) is 0. The van der Waals surface area contributed by atoms with Crippen LogP contribution in [0.3, 0.4) is 0 Å². The Labute approximate surface area is 97.0 Å². The van der Waals surface area contributed by atoms with Crippen molar-refractivity contribution in [2.75, 3.05) is 0 Å². The molecule has 0 spiro atoms. The van der Waals surface area contributed by atoms with Gasteiger partial charge in [0.2, 0.25) is 0 Å². The third-order valence-corrected chi connectivity index (χ3v) is 5.79. The summed E-state index contributed by atoms with van der Waals surface area (Å²) in [5.74, 6) is 2.73. The topological polar surface area (TPSA) is 0 Å². The molecule has 0 aromatic heterocycles. The molecule has 0 saturated heterocycles. The number of halogens is 1. The van der Waals surface area contributed by atoms with Crippen molar-refractivity contribution < 1.29 is 0 Å². The molecule has 0 aromatic carbocycles. The van der Waals surface area contributed by atoms with Gasteiger partial charge in [-0.1, -0.05) is 63.1 Å². The zero-order valence-corrected chi connectivity index (χ0v) is 11.6. The highest BCUT2D eigenvalue weighted by atomic mass is 127. The molecule has 0 radical (unpaired) electrons. The van der Waals surface area contributed by atoms with Crippen LogP contribution in [0.2, 0.25) is 0 Å². The molecule has 1 saturated carbocycles. The molecule has 3 unspecified atom stereocenters. The van der Waals surface area contributed by atoms with Gasteiger partial charge < -0.3 is 0 Å². The third kappa shape index (κ3) is 2.40. The minimum absolute atomic E-state index is 0.601. The van der Waals surface area contributed by atoms with Crippen molar-refractivity contribution in [3.8, 4) is 0 Å². The average molecular weight is 294 g/mol. The Morgan fingerprint density at radius 1 is 1.46 bits per heavy atom.